The number of hydrogen-bond acceptors (Lipinski definition) is 1. The molecule has 1 aliphatic rings. The summed E-state index contributed by atoms with van der Waals surface area (Å²) in [4.78, 5) is 13.1. The Hall–Kier alpha value is -2.41. The maximum absolute atomic E-state index is 13.1. The first-order valence-electron chi connectivity index (χ1n) is 9.41. The predicted octanol–water partition coefficient (Wildman–Crippen LogP) is 6.28. The summed E-state index contributed by atoms with van der Waals surface area (Å²) in [5, 5.41) is 2.27. The summed E-state index contributed by atoms with van der Waals surface area (Å²) in [7, 11) is 0. The Morgan fingerprint density at radius 2 is 1.31 bits per heavy atom. The van der Waals surface area contributed by atoms with Gasteiger partial charge in [-0.2, -0.15) is 0 Å². The highest BCUT2D eigenvalue weighted by atomic mass is 16.1. The first-order valence-corrected chi connectivity index (χ1v) is 9.41. The standard InChI is InChI=1S/C25H26O/c1-16-24(2,3)21-13-12-20(15-22(21)25(16,4)5)23(26)19-11-10-17-8-6-7-9-18(17)14-19/h6-16H,1-5H3. The average Bonchev–Trinajstić information content (AvgIpc) is 2.78. The van der Waals surface area contributed by atoms with E-state index in [-0.39, 0.29) is 16.6 Å². The predicted molar refractivity (Wildman–Crippen MR) is 109 cm³/mol. The highest BCUT2D eigenvalue weighted by Crippen LogP contribution is 2.53. The molecule has 1 unspecified atom stereocenters. The number of benzene rings is 3. The van der Waals surface area contributed by atoms with Crippen LogP contribution in [0, 0.1) is 5.92 Å². The van der Waals surface area contributed by atoms with Crippen molar-refractivity contribution in [3.63, 3.8) is 0 Å². The van der Waals surface area contributed by atoms with Crippen LogP contribution in [-0.2, 0) is 10.8 Å². The molecule has 1 atom stereocenters. The first kappa shape index (κ1) is 17.0. The second kappa shape index (κ2) is 5.54. The monoisotopic (exact) mass is 342 g/mol. The van der Waals surface area contributed by atoms with E-state index in [1.807, 2.05) is 36.4 Å². The van der Waals surface area contributed by atoms with Crippen molar-refractivity contribution in [2.45, 2.75) is 45.4 Å². The average molecular weight is 342 g/mol. The van der Waals surface area contributed by atoms with Crippen LogP contribution in [0.4, 0.5) is 0 Å². The van der Waals surface area contributed by atoms with Crippen LogP contribution in [0.3, 0.4) is 0 Å². The normalized spacial score (nSPS) is 20.1. The molecule has 1 heteroatoms. The van der Waals surface area contributed by atoms with E-state index >= 15 is 0 Å². The molecule has 0 radical (unpaired) electrons. The van der Waals surface area contributed by atoms with E-state index in [2.05, 4.69) is 58.9 Å². The number of rotatable bonds is 2. The van der Waals surface area contributed by atoms with Crippen molar-refractivity contribution < 1.29 is 4.79 Å². The van der Waals surface area contributed by atoms with Gasteiger partial charge in [0.25, 0.3) is 0 Å². The third-order valence-electron chi connectivity index (χ3n) is 6.85. The fraction of sp³-hybridized carbons (Fsp3) is 0.320. The molecule has 0 fully saturated rings. The minimum atomic E-state index is 0.0680. The van der Waals surface area contributed by atoms with Crippen molar-refractivity contribution in [1.29, 1.82) is 0 Å². The van der Waals surface area contributed by atoms with E-state index in [1.165, 1.54) is 11.1 Å². The Morgan fingerprint density at radius 3 is 2.04 bits per heavy atom. The third kappa shape index (κ3) is 2.34. The fourth-order valence-electron chi connectivity index (χ4n) is 4.65. The molecule has 3 aromatic carbocycles. The highest BCUT2D eigenvalue weighted by molar-refractivity contribution is 6.10. The summed E-state index contributed by atoms with van der Waals surface area (Å²) >= 11 is 0. The lowest BCUT2D eigenvalue weighted by atomic mass is 9.71. The van der Waals surface area contributed by atoms with Gasteiger partial charge in [0.1, 0.15) is 0 Å². The van der Waals surface area contributed by atoms with Crippen molar-refractivity contribution in [2.24, 2.45) is 5.92 Å². The van der Waals surface area contributed by atoms with Gasteiger partial charge in [0, 0.05) is 11.1 Å². The molecule has 3 aromatic rings. The van der Waals surface area contributed by atoms with E-state index < -0.39 is 0 Å². The lowest BCUT2D eigenvalue weighted by molar-refractivity contribution is 0.103. The van der Waals surface area contributed by atoms with Gasteiger partial charge in [-0.25, -0.2) is 0 Å². The van der Waals surface area contributed by atoms with Crippen molar-refractivity contribution in [2.75, 3.05) is 0 Å². The van der Waals surface area contributed by atoms with E-state index in [0.29, 0.717) is 5.92 Å². The van der Waals surface area contributed by atoms with Gasteiger partial charge in [0.15, 0.2) is 5.78 Å². The van der Waals surface area contributed by atoms with Crippen LogP contribution in [0.5, 0.6) is 0 Å². The molecule has 1 nitrogen and oxygen atoms in total. The lowest BCUT2D eigenvalue weighted by Crippen LogP contribution is -2.30. The molecule has 0 saturated carbocycles. The minimum absolute atomic E-state index is 0.0680. The van der Waals surface area contributed by atoms with Crippen molar-refractivity contribution >= 4 is 16.6 Å². The Bertz CT molecular complexity index is 1020. The molecular formula is C25H26O. The zero-order chi connectivity index (χ0) is 18.7. The van der Waals surface area contributed by atoms with Gasteiger partial charge >= 0.3 is 0 Å². The zero-order valence-corrected chi connectivity index (χ0v) is 16.3. The van der Waals surface area contributed by atoms with E-state index in [4.69, 9.17) is 0 Å². The van der Waals surface area contributed by atoms with Crippen molar-refractivity contribution in [3.05, 3.63) is 82.9 Å². The summed E-state index contributed by atoms with van der Waals surface area (Å²) in [5.41, 5.74) is 4.44. The number of carbonyl (C=O) groups is 1. The summed E-state index contributed by atoms with van der Waals surface area (Å²) in [6.07, 6.45) is 0. The number of carbonyl (C=O) groups excluding carboxylic acids is 1. The maximum atomic E-state index is 13.1. The molecule has 0 aromatic heterocycles. The van der Waals surface area contributed by atoms with Crippen LogP contribution in [0.1, 0.15) is 61.7 Å². The van der Waals surface area contributed by atoms with Gasteiger partial charge in [-0.3, -0.25) is 4.79 Å². The van der Waals surface area contributed by atoms with Gasteiger partial charge in [-0.05, 0) is 50.8 Å². The Labute approximate surface area is 156 Å². The SMILES string of the molecule is CC1C(C)(C)c2ccc(C(=O)c3ccc4ccccc4c3)cc2C1(C)C. The molecule has 0 aliphatic heterocycles. The smallest absolute Gasteiger partial charge is 0.193 e. The van der Waals surface area contributed by atoms with Crippen LogP contribution < -0.4 is 0 Å². The van der Waals surface area contributed by atoms with Gasteiger partial charge in [0.05, 0.1) is 0 Å². The summed E-state index contributed by atoms with van der Waals surface area (Å²) < 4.78 is 0. The molecule has 0 N–H and O–H groups in total. The molecule has 26 heavy (non-hydrogen) atoms. The molecule has 1 aliphatic carbocycles. The summed E-state index contributed by atoms with van der Waals surface area (Å²) in [6, 6.07) is 20.5. The first-order chi connectivity index (χ1) is 12.2. The third-order valence-corrected chi connectivity index (χ3v) is 6.85. The van der Waals surface area contributed by atoms with Crippen molar-refractivity contribution in [1.82, 2.24) is 0 Å². The second-order valence-electron chi connectivity index (χ2n) is 8.82. The molecule has 132 valence electrons. The summed E-state index contributed by atoms with van der Waals surface area (Å²) in [6.45, 7) is 11.6. The van der Waals surface area contributed by atoms with Gasteiger partial charge in [-0.1, -0.05) is 83.1 Å². The number of fused-ring (bicyclic) bond motifs is 2. The zero-order valence-electron chi connectivity index (χ0n) is 16.3. The van der Waals surface area contributed by atoms with E-state index in [1.54, 1.807) is 0 Å². The summed E-state index contributed by atoms with van der Waals surface area (Å²) in [5.74, 6) is 0.628. The van der Waals surface area contributed by atoms with Crippen LogP contribution >= 0.6 is 0 Å². The molecule has 0 amide bonds. The van der Waals surface area contributed by atoms with Crippen molar-refractivity contribution in [3.8, 4) is 0 Å². The molecule has 0 spiro atoms. The second-order valence-corrected chi connectivity index (χ2v) is 8.82. The van der Waals surface area contributed by atoms with Gasteiger partial charge in [0.2, 0.25) is 0 Å². The Balaban J connectivity index is 1.79. The largest absolute Gasteiger partial charge is 0.289 e. The van der Waals surface area contributed by atoms with Gasteiger partial charge < -0.3 is 0 Å². The topological polar surface area (TPSA) is 17.1 Å². The Kier molecular flexibility index (Phi) is 3.63. The molecule has 0 heterocycles. The van der Waals surface area contributed by atoms with Crippen LogP contribution in [0.2, 0.25) is 0 Å². The number of ketones is 1. The van der Waals surface area contributed by atoms with E-state index in [0.717, 1.165) is 21.9 Å². The van der Waals surface area contributed by atoms with Crippen LogP contribution in [-0.4, -0.2) is 5.78 Å². The maximum Gasteiger partial charge on any atom is 0.193 e. The van der Waals surface area contributed by atoms with E-state index in [9.17, 15) is 4.79 Å². The van der Waals surface area contributed by atoms with Gasteiger partial charge in [-0.15, -0.1) is 0 Å². The molecule has 0 bridgehead atoms. The lowest BCUT2D eigenvalue weighted by Gasteiger charge is -2.32. The Morgan fingerprint density at radius 1 is 0.731 bits per heavy atom. The molecule has 0 saturated heterocycles. The van der Waals surface area contributed by atoms with Crippen LogP contribution in [0.25, 0.3) is 10.8 Å². The molecule has 4 rings (SSSR count). The quantitative estimate of drug-likeness (QED) is 0.501. The highest BCUT2D eigenvalue weighted by Gasteiger charge is 2.48. The van der Waals surface area contributed by atoms with Crippen LogP contribution in [0.15, 0.2) is 60.7 Å². The number of hydrogen-bond donors (Lipinski definition) is 0. The fourth-order valence-corrected chi connectivity index (χ4v) is 4.65. The molecular weight excluding hydrogens is 316 g/mol. The minimum Gasteiger partial charge on any atom is -0.289 e.